The molecule has 0 heterocycles. The first-order valence-electron chi connectivity index (χ1n) is 5.92. The highest BCUT2D eigenvalue weighted by Crippen LogP contribution is 1.99. The van der Waals surface area contributed by atoms with Crippen LogP contribution in [0.15, 0.2) is 0 Å². The van der Waals surface area contributed by atoms with Gasteiger partial charge >= 0.3 is 5.97 Å². The highest BCUT2D eigenvalue weighted by atomic mass is 16.5. The molecule has 0 aromatic rings. The summed E-state index contributed by atoms with van der Waals surface area (Å²) in [5.74, 6) is -0.801. The number of carbonyl (C=O) groups excluding carboxylic acids is 1. The molecule has 0 aliphatic heterocycles. The summed E-state index contributed by atoms with van der Waals surface area (Å²) >= 11 is 0. The van der Waals surface area contributed by atoms with E-state index >= 15 is 0 Å². The Morgan fingerprint density at radius 1 is 1.70 bits per heavy atom. The molecule has 0 rings (SSSR count). The Morgan fingerprint density at radius 3 is 3.10 bits per heavy atom. The van der Waals surface area contributed by atoms with Gasteiger partial charge in [0.05, 0.1) is 9.30 Å². The van der Waals surface area contributed by atoms with Crippen LogP contribution in [0, 0.1) is 0 Å². The first-order valence-corrected chi connectivity index (χ1v) is 3.42. The average Bonchev–Trinajstić information content (AvgIpc) is 2.01. The van der Waals surface area contributed by atoms with E-state index in [0.29, 0.717) is 6.42 Å². The van der Waals surface area contributed by atoms with Crippen LogP contribution in [0.4, 0.5) is 0 Å². The van der Waals surface area contributed by atoms with Gasteiger partial charge in [-0.25, -0.2) is 0 Å². The number of ether oxygens (including phenoxy) is 1. The van der Waals surface area contributed by atoms with Crippen molar-refractivity contribution in [3.05, 3.63) is 0 Å². The molecular formula is C8H16O2. The predicted molar refractivity (Wildman–Crippen MR) is 40.8 cm³/mol. The summed E-state index contributed by atoms with van der Waals surface area (Å²) in [6.07, 6.45) is 2.42. The van der Waals surface area contributed by atoms with Gasteiger partial charge in [0.15, 0.2) is 0 Å². The van der Waals surface area contributed by atoms with Crippen LogP contribution in [-0.2, 0) is 9.53 Å². The van der Waals surface area contributed by atoms with E-state index in [0.717, 1.165) is 12.8 Å². The summed E-state index contributed by atoms with van der Waals surface area (Å²) in [7, 11) is 0. The second-order valence-corrected chi connectivity index (χ2v) is 2.03. The van der Waals surface area contributed by atoms with E-state index in [4.69, 9.17) is 6.85 Å². The Hall–Kier alpha value is -0.530. The summed E-state index contributed by atoms with van der Waals surface area (Å²) in [6, 6.07) is 0. The SMILES string of the molecule is [2H]C([2H])([2H])C([2H])([2H])OC(=O)CCCCC. The Kier molecular flexibility index (Phi) is 2.47. The fourth-order valence-corrected chi connectivity index (χ4v) is 0.627. The lowest BCUT2D eigenvalue weighted by molar-refractivity contribution is -0.143. The van der Waals surface area contributed by atoms with Gasteiger partial charge in [0.25, 0.3) is 0 Å². The quantitative estimate of drug-likeness (QED) is 0.442. The molecule has 0 aliphatic rings. The minimum Gasteiger partial charge on any atom is -0.466 e. The number of unbranched alkanes of at least 4 members (excludes halogenated alkanes) is 2. The molecule has 0 aromatic carbocycles. The molecule has 2 heteroatoms. The highest BCUT2D eigenvalue weighted by molar-refractivity contribution is 5.69. The topological polar surface area (TPSA) is 26.3 Å². The van der Waals surface area contributed by atoms with E-state index in [1.54, 1.807) is 0 Å². The van der Waals surface area contributed by atoms with Crippen molar-refractivity contribution in [2.45, 2.75) is 39.5 Å². The zero-order valence-corrected chi connectivity index (χ0v) is 6.14. The van der Waals surface area contributed by atoms with Crippen molar-refractivity contribution in [1.82, 2.24) is 0 Å². The fourth-order valence-electron chi connectivity index (χ4n) is 0.627. The van der Waals surface area contributed by atoms with E-state index in [1.165, 1.54) is 0 Å². The van der Waals surface area contributed by atoms with Gasteiger partial charge in [0.1, 0.15) is 0 Å². The van der Waals surface area contributed by atoms with Crippen molar-refractivity contribution in [1.29, 1.82) is 0 Å². The van der Waals surface area contributed by atoms with Crippen molar-refractivity contribution in [3.8, 4) is 0 Å². The van der Waals surface area contributed by atoms with Gasteiger partial charge in [0, 0.05) is 10.5 Å². The smallest absolute Gasteiger partial charge is 0.305 e. The Morgan fingerprint density at radius 2 is 2.50 bits per heavy atom. The number of hydrogen-bond donors (Lipinski definition) is 0. The summed E-state index contributed by atoms with van der Waals surface area (Å²) in [4.78, 5) is 11.1. The molecule has 0 saturated carbocycles. The van der Waals surface area contributed by atoms with Gasteiger partial charge in [-0.05, 0) is 13.3 Å². The number of rotatable bonds is 5. The summed E-state index contributed by atoms with van der Waals surface area (Å²) in [5.41, 5.74) is 0. The average molecular weight is 149 g/mol. The maximum Gasteiger partial charge on any atom is 0.305 e. The minimum absolute atomic E-state index is 0.0590. The second kappa shape index (κ2) is 6.59. The monoisotopic (exact) mass is 149 g/mol. The zero-order valence-electron chi connectivity index (χ0n) is 11.1. The van der Waals surface area contributed by atoms with Crippen molar-refractivity contribution in [2.24, 2.45) is 0 Å². The molecule has 0 N–H and O–H groups in total. The number of esters is 1. The van der Waals surface area contributed by atoms with Crippen LogP contribution >= 0.6 is 0 Å². The zero-order chi connectivity index (χ0) is 12.1. The number of carbonyl (C=O) groups is 1. The molecule has 0 saturated heterocycles. The third-order valence-corrected chi connectivity index (χ3v) is 1.15. The molecule has 2 nitrogen and oxygen atoms in total. The summed E-state index contributed by atoms with van der Waals surface area (Å²) < 4.78 is 38.8. The van der Waals surface area contributed by atoms with Crippen LogP contribution in [0.5, 0.6) is 0 Å². The maximum atomic E-state index is 11.1. The molecule has 60 valence electrons. The first kappa shape index (κ1) is 3.74. The lowest BCUT2D eigenvalue weighted by Crippen LogP contribution is -2.02. The first-order chi connectivity index (χ1) is 6.70. The van der Waals surface area contributed by atoms with Crippen LogP contribution in [0.1, 0.15) is 46.3 Å². The molecule has 0 fully saturated rings. The summed E-state index contributed by atoms with van der Waals surface area (Å²) in [6.45, 7) is -3.86. The standard InChI is InChI=1S/C8H16O2/c1-3-5-6-7-8(9)10-4-2/h3-7H2,1-2H3/i2D3,4D2. The molecule has 0 bridgehead atoms. The maximum absolute atomic E-state index is 11.1. The van der Waals surface area contributed by atoms with Crippen molar-refractivity contribution in [2.75, 3.05) is 6.56 Å². The van der Waals surface area contributed by atoms with Crippen LogP contribution in [-0.4, -0.2) is 12.5 Å². The molecule has 0 spiro atoms. The van der Waals surface area contributed by atoms with Crippen LogP contribution in [0.2, 0.25) is 0 Å². The predicted octanol–water partition coefficient (Wildman–Crippen LogP) is 2.13. The molecule has 0 aliphatic carbocycles. The van der Waals surface area contributed by atoms with Crippen molar-refractivity contribution < 1.29 is 16.4 Å². The van der Waals surface area contributed by atoms with Gasteiger partial charge < -0.3 is 4.74 Å². The molecule has 0 amide bonds. The van der Waals surface area contributed by atoms with Gasteiger partial charge in [-0.2, -0.15) is 0 Å². The van der Waals surface area contributed by atoms with E-state index in [9.17, 15) is 4.79 Å². The molecule has 10 heavy (non-hydrogen) atoms. The third kappa shape index (κ3) is 5.60. The fraction of sp³-hybridized carbons (Fsp3) is 0.875. The van der Waals surface area contributed by atoms with Gasteiger partial charge in [-0.1, -0.05) is 19.8 Å². The van der Waals surface area contributed by atoms with Gasteiger partial charge in [0.2, 0.25) is 0 Å². The lowest BCUT2D eigenvalue weighted by Gasteiger charge is -1.99. The largest absolute Gasteiger partial charge is 0.466 e. The van der Waals surface area contributed by atoms with Crippen LogP contribution in [0.25, 0.3) is 0 Å². The second-order valence-electron chi connectivity index (χ2n) is 2.03. The van der Waals surface area contributed by atoms with Gasteiger partial charge in [-0.3, -0.25) is 4.79 Å². The summed E-state index contributed by atoms with van der Waals surface area (Å²) in [5, 5.41) is 0. The van der Waals surface area contributed by atoms with E-state index < -0.39 is 19.4 Å². The third-order valence-electron chi connectivity index (χ3n) is 1.15. The Bertz CT molecular complexity index is 212. The molecule has 0 aromatic heterocycles. The molecule has 0 unspecified atom stereocenters. The molecule has 0 atom stereocenters. The normalized spacial score (nSPS) is 19.5. The van der Waals surface area contributed by atoms with E-state index in [1.807, 2.05) is 6.92 Å². The van der Waals surface area contributed by atoms with E-state index in [2.05, 4.69) is 4.74 Å². The minimum atomic E-state index is -2.94. The van der Waals surface area contributed by atoms with Crippen molar-refractivity contribution in [3.63, 3.8) is 0 Å². The van der Waals surface area contributed by atoms with Crippen LogP contribution < -0.4 is 0 Å². The van der Waals surface area contributed by atoms with Gasteiger partial charge in [-0.15, -0.1) is 0 Å². The molecule has 0 radical (unpaired) electrons. The number of hydrogen-bond acceptors (Lipinski definition) is 2. The molecular weight excluding hydrogens is 128 g/mol. The highest BCUT2D eigenvalue weighted by Gasteiger charge is 1.98. The Labute approximate surface area is 69.6 Å². The van der Waals surface area contributed by atoms with E-state index in [-0.39, 0.29) is 6.42 Å². The Balaban J connectivity index is 4.06. The lowest BCUT2D eigenvalue weighted by atomic mass is 10.2. The van der Waals surface area contributed by atoms with Crippen LogP contribution in [0.3, 0.4) is 0 Å². The van der Waals surface area contributed by atoms with Crippen molar-refractivity contribution >= 4 is 5.97 Å².